The molecule has 0 radical (unpaired) electrons. The molecule has 270 valence electrons. The molecule has 4 rings (SSSR count). The Morgan fingerprint density at radius 1 is 0.959 bits per heavy atom. The zero-order valence-corrected chi connectivity index (χ0v) is 30.2. The average Bonchev–Trinajstić information content (AvgIpc) is 3.61. The minimum absolute atomic E-state index is 0.0932. The molecule has 2 aliphatic rings. The molecule has 14 heteroatoms. The number of amides is 3. The van der Waals surface area contributed by atoms with E-state index in [0.29, 0.717) is 51.4 Å². The van der Waals surface area contributed by atoms with Crippen LogP contribution in [0.5, 0.6) is 0 Å². The zero-order valence-electron chi connectivity index (χ0n) is 29.3. The van der Waals surface area contributed by atoms with Gasteiger partial charge in [0.1, 0.15) is 11.7 Å². The normalized spacial score (nSPS) is 17.2. The van der Waals surface area contributed by atoms with Crippen molar-refractivity contribution in [2.24, 2.45) is 0 Å². The lowest BCUT2D eigenvalue weighted by Gasteiger charge is -2.36. The molecule has 1 aromatic carbocycles. The van der Waals surface area contributed by atoms with E-state index in [0.717, 1.165) is 37.1 Å². The first-order valence-corrected chi connectivity index (χ1v) is 19.2. The van der Waals surface area contributed by atoms with Gasteiger partial charge >= 0.3 is 13.7 Å². The van der Waals surface area contributed by atoms with E-state index in [9.17, 15) is 18.9 Å². The number of rotatable bonds is 17. The van der Waals surface area contributed by atoms with Gasteiger partial charge in [-0.15, -0.1) is 0 Å². The third-order valence-corrected chi connectivity index (χ3v) is 10.9. The lowest BCUT2D eigenvalue weighted by Crippen LogP contribution is -2.56. The second kappa shape index (κ2) is 19.0. The highest BCUT2D eigenvalue weighted by Crippen LogP contribution is 2.48. The topological polar surface area (TPSA) is 140 Å². The fraction of sp³-hybridized carbons (Fsp3) is 0.600. The van der Waals surface area contributed by atoms with Crippen molar-refractivity contribution in [3.05, 3.63) is 48.2 Å². The van der Waals surface area contributed by atoms with Gasteiger partial charge in [-0.1, -0.05) is 43.7 Å². The van der Waals surface area contributed by atoms with Crippen LogP contribution < -0.4 is 10.2 Å². The largest absolute Gasteiger partial charge is 0.449 e. The van der Waals surface area contributed by atoms with Gasteiger partial charge in [0.15, 0.2) is 0 Å². The van der Waals surface area contributed by atoms with E-state index in [-0.39, 0.29) is 49.6 Å². The van der Waals surface area contributed by atoms with E-state index in [1.165, 1.54) is 0 Å². The highest BCUT2D eigenvalue weighted by molar-refractivity contribution is 7.53. The average molecular weight is 702 g/mol. The van der Waals surface area contributed by atoms with E-state index in [2.05, 4.69) is 10.2 Å². The Labute approximate surface area is 290 Å². The quantitative estimate of drug-likeness (QED) is 0.173. The van der Waals surface area contributed by atoms with Gasteiger partial charge in [-0.25, -0.2) is 9.78 Å². The van der Waals surface area contributed by atoms with E-state index in [1.54, 1.807) is 36.8 Å². The first-order valence-electron chi connectivity index (χ1n) is 17.4. The van der Waals surface area contributed by atoms with Crippen molar-refractivity contribution >= 4 is 31.2 Å². The van der Waals surface area contributed by atoms with E-state index < -0.39 is 19.5 Å². The Hall–Kier alpha value is -3.51. The van der Waals surface area contributed by atoms with Crippen molar-refractivity contribution in [3.63, 3.8) is 0 Å². The summed E-state index contributed by atoms with van der Waals surface area (Å²) in [5.74, 6) is -0.771. The third kappa shape index (κ3) is 11.0. The second-order valence-corrected chi connectivity index (χ2v) is 14.4. The maximum absolute atomic E-state index is 14.0. The maximum Gasteiger partial charge on any atom is 0.409 e. The van der Waals surface area contributed by atoms with Crippen LogP contribution in [0.4, 0.5) is 10.5 Å². The van der Waals surface area contributed by atoms with Crippen molar-refractivity contribution in [1.29, 1.82) is 0 Å². The molecule has 2 saturated heterocycles. The van der Waals surface area contributed by atoms with Crippen LogP contribution in [-0.2, 0) is 27.9 Å². The number of methoxy groups -OCH3 is 1. The van der Waals surface area contributed by atoms with Crippen LogP contribution >= 0.6 is 7.60 Å². The van der Waals surface area contributed by atoms with E-state index in [1.807, 2.05) is 43.3 Å². The number of pyridine rings is 1. The Bertz CT molecular complexity index is 1410. The van der Waals surface area contributed by atoms with E-state index >= 15 is 0 Å². The highest BCUT2D eigenvalue weighted by atomic mass is 31.2. The van der Waals surface area contributed by atoms with Crippen molar-refractivity contribution < 1.29 is 37.5 Å². The van der Waals surface area contributed by atoms with Gasteiger partial charge in [0.2, 0.25) is 5.91 Å². The van der Waals surface area contributed by atoms with Crippen LogP contribution in [0, 0.1) is 0 Å². The molecule has 0 spiro atoms. The number of aromatic nitrogens is 1. The van der Waals surface area contributed by atoms with Gasteiger partial charge < -0.3 is 38.5 Å². The van der Waals surface area contributed by atoms with Gasteiger partial charge in [0.25, 0.3) is 5.91 Å². The summed E-state index contributed by atoms with van der Waals surface area (Å²) in [6.45, 7) is 9.06. The summed E-state index contributed by atoms with van der Waals surface area (Å²) in [5.41, 5.74) is 2.53. The number of hydrogen-bond donors (Lipinski definition) is 1. The first kappa shape index (κ1) is 38.3. The smallest absolute Gasteiger partial charge is 0.409 e. The molecule has 3 heterocycles. The summed E-state index contributed by atoms with van der Waals surface area (Å²) in [5, 5.41) is 2.95. The monoisotopic (exact) mass is 701 g/mol. The molecule has 0 aliphatic carbocycles. The molecule has 49 heavy (non-hydrogen) atoms. The number of carbonyl (C=O) groups is 3. The molecule has 1 N–H and O–H groups in total. The number of unbranched alkanes of at least 4 members (excludes halogenated alkanes) is 1. The van der Waals surface area contributed by atoms with Gasteiger partial charge in [-0.05, 0) is 51.7 Å². The molecule has 1 aromatic heterocycles. The number of nitrogens with one attached hydrogen (secondary N) is 1. The predicted octanol–water partition coefficient (Wildman–Crippen LogP) is 5.20. The van der Waals surface area contributed by atoms with Crippen molar-refractivity contribution in [1.82, 2.24) is 20.1 Å². The van der Waals surface area contributed by atoms with Crippen molar-refractivity contribution in [3.8, 4) is 11.3 Å². The number of anilines is 1. The van der Waals surface area contributed by atoms with E-state index in [4.69, 9.17) is 23.5 Å². The lowest BCUT2D eigenvalue weighted by atomic mass is 10.1. The van der Waals surface area contributed by atoms with Gasteiger partial charge in [-0.3, -0.25) is 14.2 Å². The lowest BCUT2D eigenvalue weighted by molar-refractivity contribution is -0.135. The fourth-order valence-corrected chi connectivity index (χ4v) is 7.68. The minimum Gasteiger partial charge on any atom is -0.449 e. The number of piperazine rings is 1. The molecular weight excluding hydrogens is 649 g/mol. The Kier molecular flexibility index (Phi) is 14.9. The van der Waals surface area contributed by atoms with Crippen LogP contribution in [0.2, 0.25) is 0 Å². The summed E-state index contributed by atoms with van der Waals surface area (Å²) in [6, 6.07) is 12.4. The molecule has 2 aromatic rings. The highest BCUT2D eigenvalue weighted by Gasteiger charge is 2.33. The Balaban J connectivity index is 1.54. The number of ether oxygens (including phenoxy) is 2. The first-order chi connectivity index (χ1) is 23.7. The molecule has 2 fully saturated rings. The van der Waals surface area contributed by atoms with Gasteiger partial charge in [0, 0.05) is 57.6 Å². The van der Waals surface area contributed by atoms with Crippen LogP contribution in [0.25, 0.3) is 11.3 Å². The molecule has 3 amide bonds. The predicted molar refractivity (Wildman–Crippen MR) is 188 cm³/mol. The Morgan fingerprint density at radius 2 is 1.65 bits per heavy atom. The Morgan fingerprint density at radius 3 is 2.29 bits per heavy atom. The molecule has 2 atom stereocenters. The zero-order chi connectivity index (χ0) is 35.2. The summed E-state index contributed by atoms with van der Waals surface area (Å²) < 4.78 is 35.0. The van der Waals surface area contributed by atoms with Crippen molar-refractivity contribution in [2.45, 2.75) is 65.0 Å². The minimum atomic E-state index is -3.35. The van der Waals surface area contributed by atoms with Crippen LogP contribution in [-0.4, -0.2) is 117 Å². The molecule has 2 aliphatic heterocycles. The van der Waals surface area contributed by atoms with Crippen LogP contribution in [0.15, 0.2) is 42.5 Å². The van der Waals surface area contributed by atoms with Gasteiger partial charge in [0.05, 0.1) is 37.8 Å². The van der Waals surface area contributed by atoms with Crippen LogP contribution in [0.1, 0.15) is 63.4 Å². The third-order valence-electron chi connectivity index (χ3n) is 8.71. The fourth-order valence-electron chi connectivity index (χ4n) is 5.99. The number of carbonyl (C=O) groups excluding carboxylic acids is 3. The maximum atomic E-state index is 14.0. The van der Waals surface area contributed by atoms with Crippen molar-refractivity contribution in [2.75, 3.05) is 77.3 Å². The molecule has 0 unspecified atom stereocenters. The van der Waals surface area contributed by atoms with Gasteiger partial charge in [-0.2, -0.15) is 0 Å². The number of benzene rings is 1. The van der Waals surface area contributed by atoms with Crippen LogP contribution in [0.3, 0.4) is 0 Å². The SMILES string of the molecule is CCCCOC(=O)N1CCN(C(=O)[C@H](CCCP(=O)(OCC)OCC)NC(=O)c2cc(N3CC[C@H](OC)C3)cc(-c3ccccc3)n2)CC1. The number of hydrogen-bond acceptors (Lipinski definition) is 10. The standard InChI is InChI=1S/C35H52N5O8P/c1-5-8-22-46-35(43)39-20-18-38(19-21-39)34(42)30(15-12-23-49(44,47-6-2)48-7-3)37-33(41)32-25-28(40-17-16-29(26-40)45-4)24-31(36-32)27-13-10-9-11-14-27/h9-11,13-14,24-25,29-30H,5-8,12,15-23,26H2,1-4H3,(H,37,41)/t29-,30-/m0/s1. The number of nitrogens with zero attached hydrogens (tertiary/aromatic N) is 4. The molecule has 0 saturated carbocycles. The molecule has 0 bridgehead atoms. The molecule has 13 nitrogen and oxygen atoms in total. The summed E-state index contributed by atoms with van der Waals surface area (Å²) in [6.07, 6.45) is 2.92. The summed E-state index contributed by atoms with van der Waals surface area (Å²) in [7, 11) is -1.65. The second-order valence-electron chi connectivity index (χ2n) is 12.2. The summed E-state index contributed by atoms with van der Waals surface area (Å²) >= 11 is 0. The molecular formula is C35H52N5O8P. The summed E-state index contributed by atoms with van der Waals surface area (Å²) in [4.78, 5) is 50.6.